The fourth-order valence-corrected chi connectivity index (χ4v) is 1.16. The van der Waals surface area contributed by atoms with Gasteiger partial charge in [0, 0.05) is 20.6 Å². The summed E-state index contributed by atoms with van der Waals surface area (Å²) in [6.45, 7) is 8.89. The molecule has 14 heavy (non-hydrogen) atoms. The summed E-state index contributed by atoms with van der Waals surface area (Å²) in [5, 5.41) is 0. The highest BCUT2D eigenvalue weighted by Gasteiger charge is 2.13. The number of hydrogen-bond acceptors (Lipinski definition) is 3. The number of rotatable bonds is 5. The summed E-state index contributed by atoms with van der Waals surface area (Å²) >= 11 is 0. The molecule has 0 heterocycles. The van der Waals surface area contributed by atoms with Gasteiger partial charge in [-0.15, -0.1) is 0 Å². The van der Waals surface area contributed by atoms with Crippen LogP contribution in [0, 0.1) is 0 Å². The number of ether oxygens (including phenoxy) is 1. The van der Waals surface area contributed by atoms with Crippen LogP contribution in [-0.2, 0) is 4.74 Å². The van der Waals surface area contributed by atoms with Crippen molar-refractivity contribution in [3.8, 4) is 0 Å². The molecule has 1 unspecified atom stereocenters. The van der Waals surface area contributed by atoms with E-state index in [4.69, 9.17) is 4.74 Å². The normalized spacial score (nSPS) is 12.7. The second-order valence-corrected chi connectivity index (χ2v) is 3.57. The molecule has 0 aliphatic rings. The van der Waals surface area contributed by atoms with Crippen molar-refractivity contribution in [2.75, 3.05) is 33.7 Å². The quantitative estimate of drug-likeness (QED) is 0.676. The van der Waals surface area contributed by atoms with Crippen LogP contribution in [0.1, 0.15) is 20.8 Å². The van der Waals surface area contributed by atoms with Crippen LogP contribution in [-0.4, -0.2) is 55.7 Å². The van der Waals surface area contributed by atoms with E-state index in [0.29, 0.717) is 0 Å². The third kappa shape index (κ3) is 5.07. The maximum Gasteiger partial charge on any atom is 0.409 e. The average Bonchev–Trinajstić information content (AvgIpc) is 2.13. The number of hydrogen-bond donors (Lipinski definition) is 0. The molecule has 4 heteroatoms. The number of likely N-dealkylation sites (N-methyl/N-ethyl adjacent to an activating group) is 1. The molecule has 0 aromatic rings. The van der Waals surface area contributed by atoms with Crippen molar-refractivity contribution >= 4 is 6.09 Å². The second-order valence-electron chi connectivity index (χ2n) is 3.57. The van der Waals surface area contributed by atoms with E-state index < -0.39 is 0 Å². The van der Waals surface area contributed by atoms with Crippen LogP contribution >= 0.6 is 0 Å². The fraction of sp³-hybridized carbons (Fsp3) is 0.900. The standard InChI is InChI=1S/C10H22N2O2/c1-6-12(7-2)8-9(3)14-10(13)11(4)5/h9H,6-8H2,1-5H3. The Bertz CT molecular complexity index is 168. The van der Waals surface area contributed by atoms with E-state index >= 15 is 0 Å². The predicted molar refractivity (Wildman–Crippen MR) is 57.4 cm³/mol. The first kappa shape index (κ1) is 13.2. The Morgan fingerprint density at radius 2 is 1.79 bits per heavy atom. The predicted octanol–water partition coefficient (Wildman–Crippen LogP) is 1.41. The van der Waals surface area contributed by atoms with E-state index in [1.807, 2.05) is 6.92 Å². The topological polar surface area (TPSA) is 32.8 Å². The largest absolute Gasteiger partial charge is 0.445 e. The van der Waals surface area contributed by atoms with E-state index in [1.54, 1.807) is 14.1 Å². The lowest BCUT2D eigenvalue weighted by Gasteiger charge is -2.23. The van der Waals surface area contributed by atoms with Gasteiger partial charge in [0.25, 0.3) is 0 Å². The molecular formula is C10H22N2O2. The van der Waals surface area contributed by atoms with Gasteiger partial charge in [0.15, 0.2) is 0 Å². The summed E-state index contributed by atoms with van der Waals surface area (Å²) in [7, 11) is 3.37. The van der Waals surface area contributed by atoms with Gasteiger partial charge in [-0.05, 0) is 20.0 Å². The Labute approximate surface area is 86.8 Å². The summed E-state index contributed by atoms with van der Waals surface area (Å²) in [4.78, 5) is 14.9. The molecule has 0 aliphatic carbocycles. The Hall–Kier alpha value is -0.770. The summed E-state index contributed by atoms with van der Waals surface area (Å²) in [5.41, 5.74) is 0. The minimum Gasteiger partial charge on any atom is -0.445 e. The fourth-order valence-electron chi connectivity index (χ4n) is 1.16. The lowest BCUT2D eigenvalue weighted by molar-refractivity contribution is 0.0632. The number of carbonyl (C=O) groups is 1. The Kier molecular flexibility index (Phi) is 6.28. The van der Waals surface area contributed by atoms with Crippen LogP contribution in [0.5, 0.6) is 0 Å². The van der Waals surface area contributed by atoms with Gasteiger partial charge in [-0.25, -0.2) is 4.79 Å². The summed E-state index contributed by atoms with van der Waals surface area (Å²) in [6.07, 6.45) is -0.325. The van der Waals surface area contributed by atoms with Gasteiger partial charge in [-0.2, -0.15) is 0 Å². The zero-order valence-corrected chi connectivity index (χ0v) is 9.91. The molecule has 1 atom stereocenters. The van der Waals surface area contributed by atoms with Crippen molar-refractivity contribution in [3.63, 3.8) is 0 Å². The van der Waals surface area contributed by atoms with Crippen molar-refractivity contribution < 1.29 is 9.53 Å². The van der Waals surface area contributed by atoms with Crippen molar-refractivity contribution in [2.45, 2.75) is 26.9 Å². The molecule has 0 bridgehead atoms. The summed E-state index contributed by atoms with van der Waals surface area (Å²) < 4.78 is 5.19. The van der Waals surface area contributed by atoms with Gasteiger partial charge in [0.2, 0.25) is 0 Å². The van der Waals surface area contributed by atoms with Crippen molar-refractivity contribution in [1.82, 2.24) is 9.80 Å². The monoisotopic (exact) mass is 202 g/mol. The lowest BCUT2D eigenvalue weighted by Crippen LogP contribution is -2.35. The second kappa shape index (κ2) is 6.65. The first-order valence-electron chi connectivity index (χ1n) is 5.11. The molecular weight excluding hydrogens is 180 g/mol. The molecule has 0 aromatic heterocycles. The molecule has 0 saturated heterocycles. The van der Waals surface area contributed by atoms with Crippen molar-refractivity contribution in [3.05, 3.63) is 0 Å². The van der Waals surface area contributed by atoms with Crippen LogP contribution in [0.25, 0.3) is 0 Å². The molecule has 0 spiro atoms. The minimum absolute atomic E-state index is 0.0511. The van der Waals surface area contributed by atoms with Gasteiger partial charge >= 0.3 is 6.09 Å². The molecule has 0 aromatic carbocycles. The minimum atomic E-state index is -0.273. The zero-order chi connectivity index (χ0) is 11.1. The molecule has 1 amide bonds. The molecule has 0 N–H and O–H groups in total. The van der Waals surface area contributed by atoms with Crippen LogP contribution in [0.3, 0.4) is 0 Å². The van der Waals surface area contributed by atoms with Gasteiger partial charge in [-0.1, -0.05) is 13.8 Å². The third-order valence-electron chi connectivity index (χ3n) is 2.08. The average molecular weight is 202 g/mol. The van der Waals surface area contributed by atoms with Crippen LogP contribution in [0.4, 0.5) is 4.79 Å². The molecule has 0 rings (SSSR count). The van der Waals surface area contributed by atoms with Gasteiger partial charge in [0.1, 0.15) is 6.10 Å². The van der Waals surface area contributed by atoms with E-state index in [2.05, 4.69) is 18.7 Å². The Morgan fingerprint density at radius 1 is 1.29 bits per heavy atom. The summed E-state index contributed by atoms with van der Waals surface area (Å²) in [6, 6.07) is 0. The highest BCUT2D eigenvalue weighted by Crippen LogP contribution is 1.98. The van der Waals surface area contributed by atoms with Gasteiger partial charge in [-0.3, -0.25) is 0 Å². The van der Waals surface area contributed by atoms with Gasteiger partial charge in [0.05, 0.1) is 0 Å². The maximum atomic E-state index is 11.2. The lowest BCUT2D eigenvalue weighted by atomic mass is 10.3. The van der Waals surface area contributed by atoms with E-state index in [0.717, 1.165) is 19.6 Å². The molecule has 4 nitrogen and oxygen atoms in total. The first-order valence-corrected chi connectivity index (χ1v) is 5.11. The number of carbonyl (C=O) groups excluding carboxylic acids is 1. The molecule has 0 radical (unpaired) electrons. The smallest absolute Gasteiger partial charge is 0.409 e. The highest BCUT2D eigenvalue weighted by molar-refractivity contribution is 5.66. The van der Waals surface area contributed by atoms with E-state index in [-0.39, 0.29) is 12.2 Å². The maximum absolute atomic E-state index is 11.2. The first-order chi connectivity index (χ1) is 6.51. The third-order valence-corrected chi connectivity index (χ3v) is 2.08. The van der Waals surface area contributed by atoms with Crippen molar-refractivity contribution in [2.24, 2.45) is 0 Å². The van der Waals surface area contributed by atoms with E-state index in [9.17, 15) is 4.79 Å². The highest BCUT2D eigenvalue weighted by atomic mass is 16.6. The molecule has 84 valence electrons. The Morgan fingerprint density at radius 3 is 2.14 bits per heavy atom. The molecule has 0 fully saturated rings. The van der Waals surface area contributed by atoms with Crippen LogP contribution < -0.4 is 0 Å². The number of amides is 1. The van der Waals surface area contributed by atoms with Crippen LogP contribution in [0.2, 0.25) is 0 Å². The Balaban J connectivity index is 3.84. The van der Waals surface area contributed by atoms with E-state index in [1.165, 1.54) is 4.90 Å². The SMILES string of the molecule is CCN(CC)CC(C)OC(=O)N(C)C. The molecule has 0 aliphatic heterocycles. The van der Waals surface area contributed by atoms with Crippen LogP contribution in [0.15, 0.2) is 0 Å². The van der Waals surface area contributed by atoms with Gasteiger partial charge < -0.3 is 14.5 Å². The molecule has 0 saturated carbocycles. The number of nitrogens with zero attached hydrogens (tertiary/aromatic N) is 2. The van der Waals surface area contributed by atoms with Crippen molar-refractivity contribution in [1.29, 1.82) is 0 Å². The summed E-state index contributed by atoms with van der Waals surface area (Å²) in [5.74, 6) is 0. The zero-order valence-electron chi connectivity index (χ0n) is 9.91.